The largest absolute Gasteiger partial charge is 0.496 e. The molecule has 114 valence electrons. The van der Waals surface area contributed by atoms with Gasteiger partial charge in [0.05, 0.1) is 18.4 Å². The summed E-state index contributed by atoms with van der Waals surface area (Å²) in [6.07, 6.45) is 1.55. The van der Waals surface area contributed by atoms with Gasteiger partial charge in [0.15, 0.2) is 0 Å². The predicted octanol–water partition coefficient (Wildman–Crippen LogP) is 1.91. The molecule has 1 aromatic carbocycles. The number of likely N-dealkylation sites (N-methyl/N-ethyl adjacent to an activating group) is 1. The average Bonchev–Trinajstić information content (AvgIpc) is 3.27. The molecule has 0 bridgehead atoms. The van der Waals surface area contributed by atoms with Gasteiger partial charge in [-0.25, -0.2) is 0 Å². The van der Waals surface area contributed by atoms with Gasteiger partial charge in [-0.2, -0.15) is 0 Å². The lowest BCUT2D eigenvalue weighted by Crippen LogP contribution is -2.40. The summed E-state index contributed by atoms with van der Waals surface area (Å²) >= 11 is 0. The van der Waals surface area contributed by atoms with E-state index in [0.717, 1.165) is 18.4 Å². The molecular formula is C16H21NO4. The van der Waals surface area contributed by atoms with Crippen molar-refractivity contribution in [1.29, 1.82) is 0 Å². The molecule has 1 amide bonds. The van der Waals surface area contributed by atoms with Crippen molar-refractivity contribution in [2.75, 3.05) is 20.7 Å². The Labute approximate surface area is 124 Å². The number of amides is 1. The summed E-state index contributed by atoms with van der Waals surface area (Å²) in [6.45, 7) is 1.82. The van der Waals surface area contributed by atoms with Crippen LogP contribution in [0.2, 0.25) is 0 Å². The number of carbonyl (C=O) groups excluding carboxylic acids is 1. The predicted molar refractivity (Wildman–Crippen MR) is 78.3 cm³/mol. The van der Waals surface area contributed by atoms with Gasteiger partial charge >= 0.3 is 5.97 Å². The van der Waals surface area contributed by atoms with E-state index in [2.05, 4.69) is 0 Å². The highest BCUT2D eigenvalue weighted by Gasteiger charge is 2.54. The van der Waals surface area contributed by atoms with Gasteiger partial charge in [0.25, 0.3) is 0 Å². The number of aliphatic carboxylic acids is 1. The van der Waals surface area contributed by atoms with Crippen LogP contribution in [0.3, 0.4) is 0 Å². The summed E-state index contributed by atoms with van der Waals surface area (Å²) in [6, 6.07) is 7.53. The van der Waals surface area contributed by atoms with Crippen molar-refractivity contribution in [3.63, 3.8) is 0 Å². The highest BCUT2D eigenvalue weighted by Crippen LogP contribution is 2.52. The standard InChI is InChI=1S/C16H21NO4/c1-11(14(18)19)10-17(2)15(20)16(8-9-16)12-6-4-5-7-13(12)21-3/h4-7,11H,8-10H2,1-3H3,(H,18,19). The van der Waals surface area contributed by atoms with E-state index >= 15 is 0 Å². The maximum Gasteiger partial charge on any atom is 0.308 e. The zero-order chi connectivity index (χ0) is 15.6. The third kappa shape index (κ3) is 2.86. The highest BCUT2D eigenvalue weighted by atomic mass is 16.5. The quantitative estimate of drug-likeness (QED) is 0.869. The number of ether oxygens (including phenoxy) is 1. The molecule has 0 saturated heterocycles. The molecule has 1 aliphatic rings. The monoisotopic (exact) mass is 291 g/mol. The Morgan fingerprint density at radius 2 is 2.00 bits per heavy atom. The SMILES string of the molecule is COc1ccccc1C1(C(=O)N(C)CC(C)C(=O)O)CC1. The zero-order valence-corrected chi connectivity index (χ0v) is 12.6. The molecule has 2 rings (SSSR count). The summed E-state index contributed by atoms with van der Waals surface area (Å²) < 4.78 is 5.36. The molecule has 5 nitrogen and oxygen atoms in total. The molecule has 1 unspecified atom stereocenters. The van der Waals surface area contributed by atoms with Crippen LogP contribution in [0.15, 0.2) is 24.3 Å². The van der Waals surface area contributed by atoms with Crippen LogP contribution in [0.1, 0.15) is 25.3 Å². The second kappa shape index (κ2) is 5.76. The van der Waals surface area contributed by atoms with Crippen LogP contribution in [0.25, 0.3) is 0 Å². The Balaban J connectivity index is 2.20. The molecule has 0 spiro atoms. The molecule has 1 saturated carbocycles. The van der Waals surface area contributed by atoms with Crippen LogP contribution >= 0.6 is 0 Å². The lowest BCUT2D eigenvalue weighted by molar-refractivity contribution is -0.143. The minimum atomic E-state index is -0.892. The highest BCUT2D eigenvalue weighted by molar-refractivity contribution is 5.92. The summed E-state index contributed by atoms with van der Waals surface area (Å²) in [4.78, 5) is 25.2. The van der Waals surface area contributed by atoms with E-state index in [9.17, 15) is 9.59 Å². The smallest absolute Gasteiger partial charge is 0.308 e. The van der Waals surface area contributed by atoms with Crippen LogP contribution in [0.4, 0.5) is 0 Å². The first-order valence-corrected chi connectivity index (χ1v) is 7.04. The Hall–Kier alpha value is -2.04. The number of hydrogen-bond acceptors (Lipinski definition) is 3. The van der Waals surface area contributed by atoms with E-state index in [0.29, 0.717) is 5.75 Å². The van der Waals surface area contributed by atoms with Crippen LogP contribution in [-0.4, -0.2) is 42.6 Å². The first-order valence-electron chi connectivity index (χ1n) is 7.04. The Morgan fingerprint density at radius 3 is 2.52 bits per heavy atom. The molecule has 0 heterocycles. The number of rotatable bonds is 6. The van der Waals surface area contributed by atoms with Crippen molar-refractivity contribution in [3.05, 3.63) is 29.8 Å². The van der Waals surface area contributed by atoms with Crippen molar-refractivity contribution < 1.29 is 19.4 Å². The number of methoxy groups -OCH3 is 1. The minimum Gasteiger partial charge on any atom is -0.496 e. The molecule has 1 N–H and O–H groups in total. The molecular weight excluding hydrogens is 270 g/mol. The van der Waals surface area contributed by atoms with E-state index in [1.54, 1.807) is 21.1 Å². The first kappa shape index (κ1) is 15.4. The van der Waals surface area contributed by atoms with Gasteiger partial charge in [-0.15, -0.1) is 0 Å². The van der Waals surface area contributed by atoms with Gasteiger partial charge in [-0.1, -0.05) is 25.1 Å². The van der Waals surface area contributed by atoms with Gasteiger partial charge in [-0.3, -0.25) is 9.59 Å². The first-order chi connectivity index (χ1) is 9.92. The van der Waals surface area contributed by atoms with E-state index in [-0.39, 0.29) is 12.5 Å². The number of benzene rings is 1. The van der Waals surface area contributed by atoms with E-state index < -0.39 is 17.3 Å². The molecule has 1 aliphatic carbocycles. The van der Waals surface area contributed by atoms with Gasteiger partial charge in [0.1, 0.15) is 5.75 Å². The summed E-state index contributed by atoms with van der Waals surface area (Å²) in [5, 5.41) is 8.97. The van der Waals surface area contributed by atoms with Crippen LogP contribution in [0.5, 0.6) is 5.75 Å². The molecule has 0 aromatic heterocycles. The molecule has 5 heteroatoms. The number of nitrogens with zero attached hydrogens (tertiary/aromatic N) is 1. The Kier molecular flexibility index (Phi) is 4.21. The molecule has 21 heavy (non-hydrogen) atoms. The number of carboxylic acids is 1. The lowest BCUT2D eigenvalue weighted by atomic mass is 9.93. The number of carboxylic acid groups (broad SMARTS) is 1. The van der Waals surface area contributed by atoms with Gasteiger partial charge in [0, 0.05) is 19.2 Å². The third-order valence-corrected chi connectivity index (χ3v) is 4.10. The second-order valence-electron chi connectivity index (χ2n) is 5.71. The Morgan fingerprint density at radius 1 is 1.38 bits per heavy atom. The molecule has 1 fully saturated rings. The fourth-order valence-corrected chi connectivity index (χ4v) is 2.70. The van der Waals surface area contributed by atoms with Crippen molar-refractivity contribution in [3.8, 4) is 5.75 Å². The van der Waals surface area contributed by atoms with Crippen molar-refractivity contribution in [2.45, 2.75) is 25.2 Å². The Bertz CT molecular complexity index is 551. The van der Waals surface area contributed by atoms with Crippen molar-refractivity contribution in [2.24, 2.45) is 5.92 Å². The molecule has 0 aliphatic heterocycles. The van der Waals surface area contributed by atoms with Crippen molar-refractivity contribution in [1.82, 2.24) is 4.90 Å². The number of para-hydroxylation sites is 1. The van der Waals surface area contributed by atoms with Gasteiger partial charge in [0.2, 0.25) is 5.91 Å². The maximum atomic E-state index is 12.7. The van der Waals surface area contributed by atoms with E-state index in [1.807, 2.05) is 24.3 Å². The summed E-state index contributed by atoms with van der Waals surface area (Å²) in [5.74, 6) is -0.785. The van der Waals surface area contributed by atoms with E-state index in [4.69, 9.17) is 9.84 Å². The second-order valence-corrected chi connectivity index (χ2v) is 5.71. The number of carbonyl (C=O) groups is 2. The average molecular weight is 291 g/mol. The van der Waals surface area contributed by atoms with Gasteiger partial charge in [-0.05, 0) is 18.9 Å². The fourth-order valence-electron chi connectivity index (χ4n) is 2.70. The normalized spacial score (nSPS) is 16.9. The molecule has 1 aromatic rings. The van der Waals surface area contributed by atoms with Crippen LogP contribution in [0, 0.1) is 5.92 Å². The topological polar surface area (TPSA) is 66.8 Å². The lowest BCUT2D eigenvalue weighted by Gasteiger charge is -2.26. The van der Waals surface area contributed by atoms with E-state index in [1.165, 1.54) is 4.90 Å². The minimum absolute atomic E-state index is 0.0277. The van der Waals surface area contributed by atoms with Crippen LogP contribution in [-0.2, 0) is 15.0 Å². The van der Waals surface area contributed by atoms with Crippen molar-refractivity contribution >= 4 is 11.9 Å². The fraction of sp³-hybridized carbons (Fsp3) is 0.500. The maximum absolute atomic E-state index is 12.7. The third-order valence-electron chi connectivity index (χ3n) is 4.10. The number of hydrogen-bond donors (Lipinski definition) is 1. The van der Waals surface area contributed by atoms with Crippen LogP contribution < -0.4 is 4.74 Å². The van der Waals surface area contributed by atoms with Gasteiger partial charge < -0.3 is 14.7 Å². The molecule has 0 radical (unpaired) electrons. The zero-order valence-electron chi connectivity index (χ0n) is 12.6. The molecule has 1 atom stereocenters. The summed E-state index contributed by atoms with van der Waals surface area (Å²) in [7, 11) is 3.26. The summed E-state index contributed by atoms with van der Waals surface area (Å²) in [5.41, 5.74) is 0.354.